The summed E-state index contributed by atoms with van der Waals surface area (Å²) in [6.07, 6.45) is 1.45. The first-order valence-electron chi connectivity index (χ1n) is 12.4. The number of ether oxygens (including phenoxy) is 2. The van der Waals surface area contributed by atoms with Gasteiger partial charge in [-0.3, -0.25) is 9.10 Å². The number of nitrogens with zero attached hydrogens (tertiary/aromatic N) is 3. The van der Waals surface area contributed by atoms with E-state index >= 15 is 0 Å². The Hall–Kier alpha value is -4.06. The molecule has 0 unspecified atom stereocenters. The van der Waals surface area contributed by atoms with Crippen LogP contribution in [0.15, 0.2) is 76.7 Å². The predicted octanol–water partition coefficient (Wildman–Crippen LogP) is 5.90. The molecule has 4 rings (SSSR count). The van der Waals surface area contributed by atoms with Crippen molar-refractivity contribution in [3.8, 4) is 17.2 Å². The van der Waals surface area contributed by atoms with Gasteiger partial charge in [0.25, 0.3) is 15.9 Å². The fraction of sp³-hybridized carbons (Fsp3) is 0.172. The maximum absolute atomic E-state index is 13.7. The number of hydrogen-bond acceptors (Lipinski definition) is 6. The van der Waals surface area contributed by atoms with Crippen LogP contribution in [0, 0.1) is 19.7 Å². The van der Waals surface area contributed by atoms with Gasteiger partial charge in [-0.25, -0.2) is 18.2 Å². The highest BCUT2D eigenvalue weighted by Gasteiger charge is 2.28. The van der Waals surface area contributed by atoms with Gasteiger partial charge in [0.2, 0.25) is 0 Å². The first-order valence-corrected chi connectivity index (χ1v) is 14.6. The standard InChI is InChI=1S/C29H27Cl2FN4O5S/c1-18-11-20(19(2)36(18)25-13-21(30)12-22(31)14-25)16-33-34-29(37)17-35(24-7-5-23(32)6-8-24)42(38,39)26-9-10-27(40-3)28(15-26)41-4/h5-16H,17H2,1-4H3,(H,34,37)/b33-16-. The van der Waals surface area contributed by atoms with Gasteiger partial charge in [0.05, 0.1) is 31.0 Å². The minimum atomic E-state index is -4.31. The summed E-state index contributed by atoms with van der Waals surface area (Å²) in [6, 6.07) is 15.8. The van der Waals surface area contributed by atoms with Gasteiger partial charge in [-0.2, -0.15) is 5.10 Å². The lowest BCUT2D eigenvalue weighted by Crippen LogP contribution is -2.39. The summed E-state index contributed by atoms with van der Waals surface area (Å²) in [5, 5.41) is 5.02. The Morgan fingerprint density at radius 3 is 2.24 bits per heavy atom. The highest BCUT2D eigenvalue weighted by atomic mass is 35.5. The third-order valence-corrected chi connectivity index (χ3v) is 8.52. The van der Waals surface area contributed by atoms with Crippen molar-refractivity contribution in [1.29, 1.82) is 0 Å². The number of methoxy groups -OCH3 is 2. The Morgan fingerprint density at radius 2 is 1.62 bits per heavy atom. The van der Waals surface area contributed by atoms with Gasteiger partial charge in [0.1, 0.15) is 12.4 Å². The van der Waals surface area contributed by atoms with Crippen molar-refractivity contribution in [2.24, 2.45) is 5.10 Å². The van der Waals surface area contributed by atoms with E-state index in [0.29, 0.717) is 21.4 Å². The molecule has 1 N–H and O–H groups in total. The highest BCUT2D eigenvalue weighted by Crippen LogP contribution is 2.32. The van der Waals surface area contributed by atoms with Crippen molar-refractivity contribution < 1.29 is 27.1 Å². The molecular weight excluding hydrogens is 606 g/mol. The van der Waals surface area contributed by atoms with Crippen LogP contribution in [0.25, 0.3) is 5.69 Å². The van der Waals surface area contributed by atoms with Crippen molar-refractivity contribution in [1.82, 2.24) is 9.99 Å². The second-order valence-corrected chi connectivity index (χ2v) is 11.8. The van der Waals surface area contributed by atoms with Crippen molar-refractivity contribution in [3.05, 3.63) is 99.5 Å². The molecule has 13 heteroatoms. The topological polar surface area (TPSA) is 102 Å². The number of nitrogens with one attached hydrogen (secondary N) is 1. The van der Waals surface area contributed by atoms with E-state index in [2.05, 4.69) is 10.5 Å². The SMILES string of the molecule is COc1ccc(S(=O)(=O)N(CC(=O)N/N=C\c2cc(C)n(-c3cc(Cl)cc(Cl)c3)c2C)c2ccc(F)cc2)cc1OC. The Kier molecular flexibility index (Phi) is 9.45. The lowest BCUT2D eigenvalue weighted by molar-refractivity contribution is -0.119. The van der Waals surface area contributed by atoms with Gasteiger partial charge >= 0.3 is 0 Å². The number of hydrazone groups is 1. The molecular formula is C29H27Cl2FN4O5S. The molecule has 0 bridgehead atoms. The van der Waals surface area contributed by atoms with Gasteiger partial charge in [-0.1, -0.05) is 23.2 Å². The number of halogens is 3. The molecule has 1 aromatic heterocycles. The van der Waals surface area contributed by atoms with Crippen LogP contribution >= 0.6 is 23.2 Å². The van der Waals surface area contributed by atoms with E-state index in [4.69, 9.17) is 32.7 Å². The normalized spacial score (nSPS) is 11.5. The molecule has 9 nitrogen and oxygen atoms in total. The monoisotopic (exact) mass is 632 g/mol. The van der Waals surface area contributed by atoms with Crippen LogP contribution in [0.4, 0.5) is 10.1 Å². The second kappa shape index (κ2) is 12.8. The first kappa shape index (κ1) is 30.9. The summed E-state index contributed by atoms with van der Waals surface area (Å²) in [7, 11) is -1.51. The fourth-order valence-electron chi connectivity index (χ4n) is 4.35. The second-order valence-electron chi connectivity index (χ2n) is 9.09. The Balaban J connectivity index is 1.59. The van der Waals surface area contributed by atoms with E-state index in [9.17, 15) is 17.6 Å². The Morgan fingerprint density at radius 1 is 0.976 bits per heavy atom. The molecule has 0 radical (unpaired) electrons. The van der Waals surface area contributed by atoms with E-state index in [0.717, 1.165) is 33.5 Å². The first-order chi connectivity index (χ1) is 19.9. The fourth-order valence-corrected chi connectivity index (χ4v) is 6.30. The molecule has 0 saturated heterocycles. The lowest BCUT2D eigenvalue weighted by atomic mass is 10.2. The third kappa shape index (κ3) is 6.70. The van der Waals surface area contributed by atoms with Crippen LogP contribution in [-0.4, -0.2) is 45.9 Å². The number of carbonyl (C=O) groups excluding carboxylic acids is 1. The molecule has 1 amide bonds. The maximum atomic E-state index is 13.7. The molecule has 0 saturated carbocycles. The molecule has 0 aliphatic heterocycles. The summed E-state index contributed by atoms with van der Waals surface area (Å²) in [5.74, 6) is -0.775. The van der Waals surface area contributed by atoms with Crippen LogP contribution in [-0.2, 0) is 14.8 Å². The van der Waals surface area contributed by atoms with Gasteiger partial charge in [-0.05, 0) is 74.5 Å². The largest absolute Gasteiger partial charge is 0.493 e. The molecule has 0 spiro atoms. The number of aromatic nitrogens is 1. The summed E-state index contributed by atoms with van der Waals surface area (Å²) in [6.45, 7) is 3.13. The quantitative estimate of drug-likeness (QED) is 0.173. The van der Waals surface area contributed by atoms with E-state index in [1.54, 1.807) is 18.2 Å². The van der Waals surface area contributed by atoms with Crippen LogP contribution in [0.3, 0.4) is 0 Å². The molecule has 220 valence electrons. The minimum absolute atomic E-state index is 0.0778. The van der Waals surface area contributed by atoms with Crippen molar-refractivity contribution in [2.45, 2.75) is 18.7 Å². The Bertz CT molecular complexity index is 1740. The molecule has 0 atom stereocenters. The number of hydrogen-bond donors (Lipinski definition) is 1. The average Bonchev–Trinajstić information content (AvgIpc) is 3.23. The third-order valence-electron chi connectivity index (χ3n) is 6.31. The molecule has 4 aromatic rings. The average molecular weight is 634 g/mol. The number of amides is 1. The van der Waals surface area contributed by atoms with Crippen LogP contribution in [0.1, 0.15) is 17.0 Å². The number of anilines is 1. The number of sulfonamides is 1. The summed E-state index contributed by atoms with van der Waals surface area (Å²) >= 11 is 12.3. The van der Waals surface area contributed by atoms with Gasteiger partial charge < -0.3 is 14.0 Å². The smallest absolute Gasteiger partial charge is 0.264 e. The van der Waals surface area contributed by atoms with Crippen LogP contribution in [0.5, 0.6) is 11.5 Å². The maximum Gasteiger partial charge on any atom is 0.264 e. The Labute approximate surface area is 253 Å². The molecule has 42 heavy (non-hydrogen) atoms. The van der Waals surface area contributed by atoms with Gasteiger partial charge in [0.15, 0.2) is 11.5 Å². The zero-order valence-corrected chi connectivity index (χ0v) is 25.4. The van der Waals surface area contributed by atoms with Crippen molar-refractivity contribution in [2.75, 3.05) is 25.1 Å². The number of rotatable bonds is 10. The predicted molar refractivity (Wildman–Crippen MR) is 161 cm³/mol. The van der Waals surface area contributed by atoms with Gasteiger partial charge in [-0.15, -0.1) is 0 Å². The van der Waals surface area contributed by atoms with Crippen LogP contribution in [0.2, 0.25) is 10.0 Å². The van der Waals surface area contributed by atoms with Crippen molar-refractivity contribution >= 4 is 51.0 Å². The van der Waals surface area contributed by atoms with E-state index < -0.39 is 28.3 Å². The lowest BCUT2D eigenvalue weighted by Gasteiger charge is -2.24. The summed E-state index contributed by atoms with van der Waals surface area (Å²) < 4.78 is 54.2. The number of aryl methyl sites for hydroxylation is 1. The van der Waals surface area contributed by atoms with E-state index in [1.165, 1.54) is 50.8 Å². The highest BCUT2D eigenvalue weighted by molar-refractivity contribution is 7.92. The van der Waals surface area contributed by atoms with E-state index in [-0.39, 0.29) is 16.3 Å². The molecule has 1 heterocycles. The number of carbonyl (C=O) groups is 1. The summed E-state index contributed by atoms with van der Waals surface area (Å²) in [5.41, 5.74) is 5.61. The van der Waals surface area contributed by atoms with Crippen molar-refractivity contribution in [3.63, 3.8) is 0 Å². The molecule has 0 aliphatic carbocycles. The summed E-state index contributed by atoms with van der Waals surface area (Å²) in [4.78, 5) is 12.8. The zero-order chi connectivity index (χ0) is 30.6. The minimum Gasteiger partial charge on any atom is -0.493 e. The van der Waals surface area contributed by atoms with Gasteiger partial charge in [0, 0.05) is 38.8 Å². The molecule has 0 aliphatic rings. The molecule has 0 fully saturated rings. The number of benzene rings is 3. The molecule has 3 aromatic carbocycles. The zero-order valence-electron chi connectivity index (χ0n) is 23.1. The van der Waals surface area contributed by atoms with Crippen LogP contribution < -0.4 is 19.2 Å². The van der Waals surface area contributed by atoms with E-state index in [1.807, 2.05) is 24.5 Å².